The predicted molar refractivity (Wildman–Crippen MR) is 160 cm³/mol. The molecule has 0 fully saturated rings. The Hall–Kier alpha value is -5.06. The van der Waals surface area contributed by atoms with Crippen molar-refractivity contribution in [3.8, 4) is 22.9 Å². The number of amidine groups is 1. The first kappa shape index (κ1) is 29.9. The SMILES string of the molecule is CCOc1cc(C(Cc2ccc(C(=N)N)cc2)c2nn(-c3ccccc3OC)c(=O)[nH]2)ccc1OC(C)C(=O)N(C)C. The number of ether oxygens (including phenoxy) is 3. The molecule has 2 unspecified atom stereocenters. The number of methoxy groups -OCH3 is 1. The molecule has 0 bridgehead atoms. The number of benzene rings is 3. The van der Waals surface area contributed by atoms with Crippen molar-refractivity contribution in [2.45, 2.75) is 32.3 Å². The number of carbonyl (C=O) groups is 1. The fourth-order valence-electron chi connectivity index (χ4n) is 4.61. The lowest BCUT2D eigenvalue weighted by Gasteiger charge is -2.22. The number of hydrogen-bond acceptors (Lipinski definition) is 7. The zero-order valence-corrected chi connectivity index (χ0v) is 24.4. The van der Waals surface area contributed by atoms with Gasteiger partial charge in [0.15, 0.2) is 17.6 Å². The van der Waals surface area contributed by atoms with Gasteiger partial charge in [-0.25, -0.2) is 4.79 Å². The molecule has 0 saturated carbocycles. The maximum atomic E-state index is 13.2. The second-order valence-electron chi connectivity index (χ2n) is 9.90. The molecule has 4 aromatic rings. The molecule has 0 aliphatic carbocycles. The standard InChI is InChI=1S/C31H36N6O5/c1-6-41-27-18-22(15-16-26(27)42-19(2)30(38)36(3)4)23(17-20-11-13-21(14-12-20)28(32)33)29-34-31(39)37(35-29)24-9-7-8-10-25(24)40-5/h7-16,18-19,23H,6,17H2,1-5H3,(H3,32,33)(H,34,35,39). The van der Waals surface area contributed by atoms with Gasteiger partial charge in [-0.05, 0) is 55.7 Å². The molecule has 1 aromatic heterocycles. The van der Waals surface area contributed by atoms with Crippen molar-refractivity contribution in [2.75, 3.05) is 27.8 Å². The first-order valence-electron chi connectivity index (χ1n) is 13.5. The lowest BCUT2D eigenvalue weighted by Crippen LogP contribution is -2.35. The molecule has 1 heterocycles. The number of amides is 1. The van der Waals surface area contributed by atoms with Crippen molar-refractivity contribution in [3.05, 3.63) is 99.7 Å². The highest BCUT2D eigenvalue weighted by Crippen LogP contribution is 2.35. The van der Waals surface area contributed by atoms with Crippen LogP contribution in [0.2, 0.25) is 0 Å². The molecule has 11 nitrogen and oxygen atoms in total. The molecule has 11 heteroatoms. The zero-order valence-electron chi connectivity index (χ0n) is 24.4. The molecule has 0 radical (unpaired) electrons. The highest BCUT2D eigenvalue weighted by atomic mass is 16.5. The van der Waals surface area contributed by atoms with Gasteiger partial charge in [0, 0.05) is 25.6 Å². The van der Waals surface area contributed by atoms with Gasteiger partial charge in [-0.2, -0.15) is 4.68 Å². The van der Waals surface area contributed by atoms with Gasteiger partial charge >= 0.3 is 5.69 Å². The van der Waals surface area contributed by atoms with E-state index in [2.05, 4.69) is 10.1 Å². The first-order valence-corrected chi connectivity index (χ1v) is 13.5. The third-order valence-corrected chi connectivity index (χ3v) is 6.75. The summed E-state index contributed by atoms with van der Waals surface area (Å²) in [4.78, 5) is 30.0. The van der Waals surface area contributed by atoms with Crippen LogP contribution >= 0.6 is 0 Å². The smallest absolute Gasteiger partial charge is 0.348 e. The van der Waals surface area contributed by atoms with Crippen LogP contribution in [-0.2, 0) is 11.2 Å². The Morgan fingerprint density at radius 3 is 2.43 bits per heavy atom. The molecule has 1 amide bonds. The summed E-state index contributed by atoms with van der Waals surface area (Å²) in [7, 11) is 4.89. The van der Waals surface area contributed by atoms with Crippen molar-refractivity contribution in [1.82, 2.24) is 19.7 Å². The molecular weight excluding hydrogens is 536 g/mol. The largest absolute Gasteiger partial charge is 0.494 e. The number of para-hydroxylation sites is 2. The van der Waals surface area contributed by atoms with Gasteiger partial charge in [0.05, 0.1) is 13.7 Å². The summed E-state index contributed by atoms with van der Waals surface area (Å²) in [6.45, 7) is 3.94. The van der Waals surface area contributed by atoms with Crippen LogP contribution in [0, 0.1) is 5.41 Å². The second kappa shape index (κ2) is 13.1. The fourth-order valence-corrected chi connectivity index (χ4v) is 4.61. The van der Waals surface area contributed by atoms with E-state index in [0.717, 1.165) is 11.1 Å². The fraction of sp³-hybridized carbons (Fsp3) is 0.290. The van der Waals surface area contributed by atoms with E-state index < -0.39 is 17.7 Å². The Morgan fingerprint density at radius 1 is 1.07 bits per heavy atom. The minimum absolute atomic E-state index is 0.0168. The molecule has 0 aliphatic rings. The van der Waals surface area contributed by atoms with Gasteiger partial charge in [0.2, 0.25) is 0 Å². The lowest BCUT2D eigenvalue weighted by atomic mass is 9.90. The normalized spacial score (nSPS) is 12.3. The summed E-state index contributed by atoms with van der Waals surface area (Å²) in [5.41, 5.74) is 8.12. The molecule has 42 heavy (non-hydrogen) atoms. The molecule has 4 N–H and O–H groups in total. The second-order valence-corrected chi connectivity index (χ2v) is 9.90. The van der Waals surface area contributed by atoms with Crippen LogP contribution in [0.5, 0.6) is 17.2 Å². The number of aromatic nitrogens is 3. The topological polar surface area (TPSA) is 149 Å². The minimum Gasteiger partial charge on any atom is -0.494 e. The summed E-state index contributed by atoms with van der Waals surface area (Å²) in [6, 6.07) is 20.0. The number of H-pyrrole nitrogens is 1. The average molecular weight is 573 g/mol. The van der Waals surface area contributed by atoms with Gasteiger partial charge in [-0.3, -0.25) is 15.2 Å². The number of nitrogen functional groups attached to an aromatic ring is 1. The summed E-state index contributed by atoms with van der Waals surface area (Å²) in [5.74, 6) is 1.26. The van der Waals surface area contributed by atoms with Crippen LogP contribution in [0.1, 0.15) is 42.3 Å². The number of aromatic amines is 1. The number of carbonyl (C=O) groups excluding carboxylic acids is 1. The van der Waals surface area contributed by atoms with Crippen molar-refractivity contribution in [2.24, 2.45) is 5.73 Å². The Balaban J connectivity index is 1.79. The number of hydrogen-bond donors (Lipinski definition) is 3. The van der Waals surface area contributed by atoms with Crippen molar-refractivity contribution < 1.29 is 19.0 Å². The number of rotatable bonds is 12. The summed E-state index contributed by atoms with van der Waals surface area (Å²) < 4.78 is 18.6. The molecular formula is C31H36N6O5. The molecule has 220 valence electrons. The molecule has 3 aromatic carbocycles. The number of nitrogens with two attached hydrogens (primary N) is 1. The van der Waals surface area contributed by atoms with Crippen molar-refractivity contribution >= 4 is 11.7 Å². The lowest BCUT2D eigenvalue weighted by molar-refractivity contribution is -0.135. The van der Waals surface area contributed by atoms with Gasteiger partial charge in [-0.15, -0.1) is 5.10 Å². The predicted octanol–water partition coefficient (Wildman–Crippen LogP) is 3.48. The molecule has 2 atom stereocenters. The van der Waals surface area contributed by atoms with Crippen LogP contribution in [0.25, 0.3) is 5.69 Å². The quantitative estimate of drug-likeness (QED) is 0.174. The first-order chi connectivity index (χ1) is 20.1. The Labute approximate surface area is 244 Å². The van der Waals surface area contributed by atoms with Crippen LogP contribution < -0.4 is 25.6 Å². The van der Waals surface area contributed by atoms with E-state index in [4.69, 9.17) is 25.4 Å². The van der Waals surface area contributed by atoms with Gasteiger partial charge in [0.25, 0.3) is 5.91 Å². The van der Waals surface area contributed by atoms with Gasteiger partial charge < -0.3 is 24.8 Å². The van der Waals surface area contributed by atoms with Crippen molar-refractivity contribution in [3.63, 3.8) is 0 Å². The highest BCUT2D eigenvalue weighted by Gasteiger charge is 2.25. The molecule has 0 aliphatic heterocycles. The summed E-state index contributed by atoms with van der Waals surface area (Å²) >= 11 is 0. The van der Waals surface area contributed by atoms with E-state index in [0.29, 0.717) is 47.4 Å². The molecule has 0 spiro atoms. The van der Waals surface area contributed by atoms with E-state index in [1.165, 1.54) is 16.7 Å². The van der Waals surface area contributed by atoms with E-state index in [9.17, 15) is 9.59 Å². The van der Waals surface area contributed by atoms with Gasteiger partial charge in [0.1, 0.15) is 23.1 Å². The summed E-state index contributed by atoms with van der Waals surface area (Å²) in [5, 5.41) is 12.4. The van der Waals surface area contributed by atoms with E-state index in [1.54, 1.807) is 51.4 Å². The van der Waals surface area contributed by atoms with E-state index in [-0.39, 0.29) is 11.7 Å². The van der Waals surface area contributed by atoms with Crippen LogP contribution in [-0.4, -0.2) is 65.3 Å². The van der Waals surface area contributed by atoms with Gasteiger partial charge in [-0.1, -0.05) is 42.5 Å². The maximum Gasteiger partial charge on any atom is 0.348 e. The zero-order chi connectivity index (χ0) is 30.4. The Kier molecular flexibility index (Phi) is 9.31. The highest BCUT2D eigenvalue weighted by molar-refractivity contribution is 5.94. The minimum atomic E-state index is -0.714. The third kappa shape index (κ3) is 6.63. The molecule has 0 saturated heterocycles. The number of nitrogens with one attached hydrogen (secondary N) is 2. The molecule has 4 rings (SSSR count). The third-order valence-electron chi connectivity index (χ3n) is 6.75. The van der Waals surface area contributed by atoms with E-state index in [1.807, 2.05) is 43.3 Å². The van der Waals surface area contributed by atoms with Crippen LogP contribution in [0.3, 0.4) is 0 Å². The number of likely N-dealkylation sites (N-methyl/N-ethyl adjacent to an activating group) is 1. The Bertz CT molecular complexity index is 1610. The van der Waals surface area contributed by atoms with Crippen molar-refractivity contribution in [1.29, 1.82) is 5.41 Å². The summed E-state index contributed by atoms with van der Waals surface area (Å²) in [6.07, 6.45) is -0.244. The average Bonchev–Trinajstić information content (AvgIpc) is 3.37. The monoisotopic (exact) mass is 572 g/mol. The van der Waals surface area contributed by atoms with Crippen LogP contribution in [0.15, 0.2) is 71.5 Å². The Morgan fingerprint density at radius 2 is 1.79 bits per heavy atom. The number of nitrogens with zero attached hydrogens (tertiary/aromatic N) is 3. The van der Waals surface area contributed by atoms with Crippen LogP contribution in [0.4, 0.5) is 0 Å². The van der Waals surface area contributed by atoms with E-state index >= 15 is 0 Å². The maximum absolute atomic E-state index is 13.2.